The summed E-state index contributed by atoms with van der Waals surface area (Å²) >= 11 is 1.12. The molecule has 13 heteroatoms. The number of carbonyl (C=O) groups is 3. The molecule has 0 spiro atoms. The molecule has 0 aromatic heterocycles. The molecule has 3 amide bonds. The molecular formula is C23H19F3N4O5S. The third-order valence-electron chi connectivity index (χ3n) is 5.19. The van der Waals surface area contributed by atoms with E-state index >= 15 is 0 Å². The standard InChI is InChI=1S/C23H19F3N4O5S/c1-34-17-8-12(9-18-21(33)29-22(36-18)30-7-6-28-19(31)11-30)2-4-16(17)35-15-5-3-13(20(27)32)10-14(15)23(24,25)26/h2-5,8-10H,6-7,11H2,1H3,(H2,27,32)(H,28,31)/b18-9+. The van der Waals surface area contributed by atoms with Gasteiger partial charge in [0.2, 0.25) is 11.8 Å². The van der Waals surface area contributed by atoms with Gasteiger partial charge < -0.3 is 25.4 Å². The number of benzene rings is 2. The number of methoxy groups -OCH3 is 1. The smallest absolute Gasteiger partial charge is 0.420 e. The summed E-state index contributed by atoms with van der Waals surface area (Å²) in [7, 11) is 1.32. The van der Waals surface area contributed by atoms with Gasteiger partial charge in [-0.1, -0.05) is 6.07 Å². The number of halogens is 3. The summed E-state index contributed by atoms with van der Waals surface area (Å²) < 4.78 is 51.4. The highest BCUT2D eigenvalue weighted by atomic mass is 32.2. The lowest BCUT2D eigenvalue weighted by atomic mass is 10.1. The Morgan fingerprint density at radius 1 is 1.17 bits per heavy atom. The predicted molar refractivity (Wildman–Crippen MR) is 126 cm³/mol. The van der Waals surface area contributed by atoms with Crippen molar-refractivity contribution in [3.05, 3.63) is 58.0 Å². The molecule has 0 atom stereocenters. The van der Waals surface area contributed by atoms with Crippen LogP contribution in [0.25, 0.3) is 6.08 Å². The van der Waals surface area contributed by atoms with Gasteiger partial charge in [0, 0.05) is 18.7 Å². The van der Waals surface area contributed by atoms with Gasteiger partial charge in [-0.25, -0.2) is 0 Å². The van der Waals surface area contributed by atoms with Crippen LogP contribution in [-0.2, 0) is 15.8 Å². The van der Waals surface area contributed by atoms with Crippen LogP contribution in [0.5, 0.6) is 17.2 Å². The number of nitrogens with one attached hydrogen (secondary N) is 1. The first kappa shape index (κ1) is 25.1. The number of piperazine rings is 1. The summed E-state index contributed by atoms with van der Waals surface area (Å²) in [6, 6.07) is 7.18. The Balaban J connectivity index is 1.57. The van der Waals surface area contributed by atoms with Gasteiger partial charge in [0.15, 0.2) is 16.7 Å². The van der Waals surface area contributed by atoms with E-state index in [0.29, 0.717) is 34.8 Å². The highest BCUT2D eigenvalue weighted by Gasteiger charge is 2.35. The number of amides is 3. The number of rotatable bonds is 5. The van der Waals surface area contributed by atoms with Crippen molar-refractivity contribution >= 4 is 40.7 Å². The highest BCUT2D eigenvalue weighted by Crippen LogP contribution is 2.41. The topological polar surface area (TPSA) is 123 Å². The number of alkyl halides is 3. The number of carbonyl (C=O) groups excluding carboxylic acids is 3. The first-order valence-corrected chi connectivity index (χ1v) is 11.3. The van der Waals surface area contributed by atoms with Crippen LogP contribution in [0.3, 0.4) is 0 Å². The zero-order valence-corrected chi connectivity index (χ0v) is 19.5. The average Bonchev–Trinajstić information content (AvgIpc) is 3.19. The maximum absolute atomic E-state index is 13.6. The number of thioether (sulfide) groups is 1. The van der Waals surface area contributed by atoms with Gasteiger partial charge >= 0.3 is 6.18 Å². The fraction of sp³-hybridized carbons (Fsp3) is 0.217. The fourth-order valence-corrected chi connectivity index (χ4v) is 4.40. The number of amidine groups is 1. The van der Waals surface area contributed by atoms with Crippen LogP contribution in [0.1, 0.15) is 21.5 Å². The number of hydrogen-bond donors (Lipinski definition) is 2. The lowest BCUT2D eigenvalue weighted by Crippen LogP contribution is -2.49. The van der Waals surface area contributed by atoms with Crippen LogP contribution in [0.2, 0.25) is 0 Å². The first-order chi connectivity index (χ1) is 17.0. The molecule has 1 saturated heterocycles. The number of nitrogens with zero attached hydrogens (tertiary/aromatic N) is 2. The molecule has 2 aliphatic rings. The van der Waals surface area contributed by atoms with Crippen LogP contribution in [-0.4, -0.2) is 54.5 Å². The van der Waals surface area contributed by atoms with E-state index in [4.69, 9.17) is 15.2 Å². The first-order valence-electron chi connectivity index (χ1n) is 10.5. The molecule has 1 fully saturated rings. The third-order valence-corrected chi connectivity index (χ3v) is 6.24. The predicted octanol–water partition coefficient (Wildman–Crippen LogP) is 3.01. The maximum Gasteiger partial charge on any atom is 0.420 e. The van der Waals surface area contributed by atoms with Crippen molar-refractivity contribution in [3.8, 4) is 17.2 Å². The van der Waals surface area contributed by atoms with Crippen molar-refractivity contribution in [3.63, 3.8) is 0 Å². The Hall–Kier alpha value is -4.00. The number of aliphatic imine (C=N–C) groups is 1. The molecule has 9 nitrogen and oxygen atoms in total. The summed E-state index contributed by atoms with van der Waals surface area (Å²) in [5.74, 6) is -2.07. The molecule has 0 aliphatic carbocycles. The molecule has 188 valence electrons. The number of nitrogens with two attached hydrogens (primary N) is 1. The van der Waals surface area contributed by atoms with E-state index < -0.39 is 29.3 Å². The zero-order chi connectivity index (χ0) is 26.0. The van der Waals surface area contributed by atoms with E-state index in [1.807, 2.05) is 0 Å². The lowest BCUT2D eigenvalue weighted by molar-refractivity contribution is -0.138. The fourth-order valence-electron chi connectivity index (χ4n) is 3.46. The minimum Gasteiger partial charge on any atom is -0.493 e. The molecule has 2 aliphatic heterocycles. The molecule has 0 unspecified atom stereocenters. The Labute approximate surface area is 207 Å². The van der Waals surface area contributed by atoms with Crippen LogP contribution in [0, 0.1) is 0 Å². The Morgan fingerprint density at radius 2 is 1.92 bits per heavy atom. The van der Waals surface area contributed by atoms with E-state index in [2.05, 4.69) is 10.3 Å². The van der Waals surface area contributed by atoms with Crippen molar-refractivity contribution in [2.45, 2.75) is 6.18 Å². The van der Waals surface area contributed by atoms with Gasteiger partial charge in [0.1, 0.15) is 5.75 Å². The van der Waals surface area contributed by atoms with Gasteiger partial charge in [-0.3, -0.25) is 14.4 Å². The second-order valence-corrected chi connectivity index (χ2v) is 8.68. The van der Waals surface area contributed by atoms with Crippen LogP contribution >= 0.6 is 11.8 Å². The van der Waals surface area contributed by atoms with Crippen molar-refractivity contribution in [1.82, 2.24) is 10.2 Å². The average molecular weight is 520 g/mol. The molecule has 4 rings (SSSR count). The van der Waals surface area contributed by atoms with Crippen molar-refractivity contribution in [1.29, 1.82) is 0 Å². The van der Waals surface area contributed by atoms with Crippen molar-refractivity contribution < 1.29 is 37.0 Å². The molecule has 3 N–H and O–H groups in total. The van der Waals surface area contributed by atoms with Gasteiger partial charge in [0.25, 0.3) is 5.91 Å². The number of primary amides is 1. The van der Waals surface area contributed by atoms with Gasteiger partial charge in [0.05, 0.1) is 24.1 Å². The second-order valence-electron chi connectivity index (χ2n) is 7.67. The van der Waals surface area contributed by atoms with Crippen LogP contribution < -0.4 is 20.5 Å². The molecule has 0 radical (unpaired) electrons. The van der Waals surface area contributed by atoms with Gasteiger partial charge in [-0.2, -0.15) is 18.2 Å². The van der Waals surface area contributed by atoms with Crippen molar-refractivity contribution in [2.24, 2.45) is 10.7 Å². The van der Waals surface area contributed by atoms with Crippen LogP contribution in [0.15, 0.2) is 46.3 Å². The Kier molecular flexibility index (Phi) is 6.93. The summed E-state index contributed by atoms with van der Waals surface area (Å²) in [5.41, 5.74) is 4.13. The summed E-state index contributed by atoms with van der Waals surface area (Å²) in [4.78, 5) is 41.3. The minimum absolute atomic E-state index is 0.0151. The van der Waals surface area contributed by atoms with E-state index in [-0.39, 0.29) is 29.5 Å². The largest absolute Gasteiger partial charge is 0.493 e. The van der Waals surface area contributed by atoms with E-state index in [1.54, 1.807) is 11.0 Å². The minimum atomic E-state index is -4.80. The zero-order valence-electron chi connectivity index (χ0n) is 18.7. The van der Waals surface area contributed by atoms with Gasteiger partial charge in [-0.15, -0.1) is 0 Å². The molecule has 0 saturated carbocycles. The monoisotopic (exact) mass is 520 g/mol. The normalized spacial score (nSPS) is 17.2. The van der Waals surface area contributed by atoms with Gasteiger partial charge in [-0.05, 0) is 53.7 Å². The number of hydrogen-bond acceptors (Lipinski definition) is 7. The Bertz CT molecular complexity index is 1310. The van der Waals surface area contributed by atoms with E-state index in [1.165, 1.54) is 25.3 Å². The quantitative estimate of drug-likeness (QED) is 0.581. The molecule has 0 bridgehead atoms. The Morgan fingerprint density at radius 3 is 2.58 bits per heavy atom. The molecule has 2 aromatic carbocycles. The van der Waals surface area contributed by atoms with Crippen molar-refractivity contribution in [2.75, 3.05) is 26.7 Å². The second kappa shape index (κ2) is 9.93. The summed E-state index contributed by atoms with van der Waals surface area (Å²) in [6.07, 6.45) is -3.24. The highest BCUT2D eigenvalue weighted by molar-refractivity contribution is 8.18. The molecule has 2 heterocycles. The van der Waals surface area contributed by atoms with Crippen LogP contribution in [0.4, 0.5) is 13.2 Å². The van der Waals surface area contributed by atoms with E-state index in [0.717, 1.165) is 23.9 Å². The molecule has 2 aromatic rings. The van der Waals surface area contributed by atoms with E-state index in [9.17, 15) is 27.6 Å². The summed E-state index contributed by atoms with van der Waals surface area (Å²) in [5, 5.41) is 3.12. The number of ether oxygens (including phenoxy) is 2. The summed E-state index contributed by atoms with van der Waals surface area (Å²) in [6.45, 7) is 1.08. The molecule has 36 heavy (non-hydrogen) atoms. The lowest BCUT2D eigenvalue weighted by Gasteiger charge is -2.27. The SMILES string of the molecule is COc1cc(/C=C2/SC(N3CCNC(=O)C3)=NC2=O)ccc1Oc1ccc(C(N)=O)cc1C(F)(F)F. The third kappa shape index (κ3) is 5.46. The maximum atomic E-state index is 13.6. The molecular weight excluding hydrogens is 501 g/mol.